The van der Waals surface area contributed by atoms with Gasteiger partial charge in [0.15, 0.2) is 0 Å². The van der Waals surface area contributed by atoms with Gasteiger partial charge in [-0.1, -0.05) is 13.3 Å². The van der Waals surface area contributed by atoms with Crippen molar-refractivity contribution in [3.63, 3.8) is 0 Å². The highest BCUT2D eigenvalue weighted by atomic mass is 16.2. The minimum absolute atomic E-state index is 0.244. The molecule has 0 saturated heterocycles. The molecule has 0 amide bonds. The quantitative estimate of drug-likeness (QED) is 0.832. The van der Waals surface area contributed by atoms with Crippen LogP contribution in [0.2, 0.25) is 0 Å². The van der Waals surface area contributed by atoms with E-state index in [0.717, 1.165) is 23.2 Å². The van der Waals surface area contributed by atoms with Crippen LogP contribution < -0.4 is 17.0 Å². The first-order valence-electron chi connectivity index (χ1n) is 7.69. The molecule has 1 heterocycles. The van der Waals surface area contributed by atoms with Crippen molar-refractivity contribution >= 4 is 0 Å². The van der Waals surface area contributed by atoms with Crippen molar-refractivity contribution in [3.05, 3.63) is 32.6 Å². The summed E-state index contributed by atoms with van der Waals surface area (Å²) < 4.78 is 2.70. The Morgan fingerprint density at radius 2 is 2.00 bits per heavy atom. The zero-order valence-corrected chi connectivity index (χ0v) is 13.2. The van der Waals surface area contributed by atoms with Crippen LogP contribution in [0.5, 0.6) is 0 Å². The maximum atomic E-state index is 12.0. The van der Waals surface area contributed by atoms with Gasteiger partial charge in [-0.15, -0.1) is 0 Å². The van der Waals surface area contributed by atoms with E-state index in [4.69, 9.17) is 5.73 Å². The van der Waals surface area contributed by atoms with Gasteiger partial charge in [0.25, 0.3) is 5.56 Å². The predicted octanol–water partition coefficient (Wildman–Crippen LogP) is 0.0333. The van der Waals surface area contributed by atoms with Crippen molar-refractivity contribution in [2.45, 2.75) is 38.8 Å². The molecule has 0 radical (unpaired) electrons. The molecule has 1 saturated carbocycles. The summed E-state index contributed by atoms with van der Waals surface area (Å²) in [5, 5.41) is 0. The molecule has 2 atom stereocenters. The average molecular weight is 294 g/mol. The zero-order valence-electron chi connectivity index (χ0n) is 13.2. The summed E-state index contributed by atoms with van der Waals surface area (Å²) in [6.45, 7) is 4.34. The van der Waals surface area contributed by atoms with E-state index in [1.807, 2.05) is 0 Å². The van der Waals surface area contributed by atoms with Crippen LogP contribution in [-0.2, 0) is 20.6 Å². The highest BCUT2D eigenvalue weighted by Crippen LogP contribution is 2.29. The molecule has 0 bridgehead atoms. The average Bonchev–Trinajstić information content (AvgIpc) is 2.95. The Morgan fingerprint density at radius 3 is 2.62 bits per heavy atom. The van der Waals surface area contributed by atoms with Gasteiger partial charge < -0.3 is 5.73 Å². The van der Waals surface area contributed by atoms with Crippen LogP contribution in [0.4, 0.5) is 0 Å². The van der Waals surface area contributed by atoms with Gasteiger partial charge in [-0.05, 0) is 31.8 Å². The van der Waals surface area contributed by atoms with Crippen LogP contribution in [0, 0.1) is 5.92 Å². The second kappa shape index (κ2) is 6.58. The SMILES string of the molecule is CCN(Cc1cc(=O)n(C)c(=O)n1C)C1CCCC1CN. The molecule has 6 heteroatoms. The van der Waals surface area contributed by atoms with E-state index in [2.05, 4.69) is 11.8 Å². The van der Waals surface area contributed by atoms with Crippen molar-refractivity contribution in [1.29, 1.82) is 0 Å². The number of nitrogens with two attached hydrogens (primary N) is 1. The summed E-state index contributed by atoms with van der Waals surface area (Å²) in [7, 11) is 3.23. The number of aromatic nitrogens is 2. The molecule has 2 unspecified atom stereocenters. The van der Waals surface area contributed by atoms with Gasteiger partial charge >= 0.3 is 5.69 Å². The largest absolute Gasteiger partial charge is 0.330 e. The van der Waals surface area contributed by atoms with Gasteiger partial charge in [0.05, 0.1) is 0 Å². The van der Waals surface area contributed by atoms with E-state index in [-0.39, 0.29) is 11.2 Å². The Hall–Kier alpha value is -1.40. The Kier molecular flexibility index (Phi) is 5.00. The molecule has 1 aromatic heterocycles. The zero-order chi connectivity index (χ0) is 15.6. The lowest BCUT2D eigenvalue weighted by Crippen LogP contribution is -2.43. The lowest BCUT2D eigenvalue weighted by Gasteiger charge is -2.32. The fourth-order valence-electron chi connectivity index (χ4n) is 3.37. The van der Waals surface area contributed by atoms with Crippen LogP contribution in [0.15, 0.2) is 15.7 Å². The second-order valence-corrected chi connectivity index (χ2v) is 5.93. The van der Waals surface area contributed by atoms with E-state index in [0.29, 0.717) is 25.0 Å². The molecule has 6 nitrogen and oxygen atoms in total. The minimum atomic E-state index is -0.268. The third-order valence-corrected chi connectivity index (χ3v) is 4.79. The summed E-state index contributed by atoms with van der Waals surface area (Å²) in [6.07, 6.45) is 3.53. The lowest BCUT2D eigenvalue weighted by molar-refractivity contribution is 0.158. The Balaban J connectivity index is 2.27. The summed E-state index contributed by atoms with van der Waals surface area (Å²) in [4.78, 5) is 26.2. The first-order chi connectivity index (χ1) is 9.99. The van der Waals surface area contributed by atoms with E-state index >= 15 is 0 Å². The molecule has 2 rings (SSSR count). The smallest absolute Gasteiger partial charge is 0.330 e. The first-order valence-corrected chi connectivity index (χ1v) is 7.69. The molecule has 0 aromatic carbocycles. The van der Waals surface area contributed by atoms with Crippen LogP contribution >= 0.6 is 0 Å². The fraction of sp³-hybridized carbons (Fsp3) is 0.733. The highest BCUT2D eigenvalue weighted by molar-refractivity contribution is 5.03. The Bertz CT molecular complexity index is 605. The number of hydrogen-bond acceptors (Lipinski definition) is 4. The predicted molar refractivity (Wildman–Crippen MR) is 83.2 cm³/mol. The topological polar surface area (TPSA) is 73.3 Å². The van der Waals surface area contributed by atoms with E-state index < -0.39 is 0 Å². The van der Waals surface area contributed by atoms with Crippen LogP contribution in [-0.4, -0.2) is 33.2 Å². The first kappa shape index (κ1) is 16.0. The summed E-state index contributed by atoms with van der Waals surface area (Å²) >= 11 is 0. The van der Waals surface area contributed by atoms with Gasteiger partial charge in [0, 0.05) is 38.4 Å². The third-order valence-electron chi connectivity index (χ3n) is 4.79. The van der Waals surface area contributed by atoms with E-state index in [1.54, 1.807) is 17.7 Å². The standard InChI is InChI=1S/C15H26N4O2/c1-4-19(13-7-5-6-11(13)9-16)10-12-8-14(20)18(3)15(21)17(12)2/h8,11,13H,4-7,9-10,16H2,1-3H3. The van der Waals surface area contributed by atoms with Crippen LogP contribution in [0.25, 0.3) is 0 Å². The highest BCUT2D eigenvalue weighted by Gasteiger charge is 2.30. The molecule has 1 aromatic rings. The summed E-state index contributed by atoms with van der Waals surface area (Å²) in [6, 6.07) is 2.02. The van der Waals surface area contributed by atoms with Crippen molar-refractivity contribution in [2.75, 3.05) is 13.1 Å². The normalized spacial score (nSPS) is 22.1. The molecular formula is C15H26N4O2. The van der Waals surface area contributed by atoms with Crippen molar-refractivity contribution in [3.8, 4) is 0 Å². The Labute approximate surface area is 125 Å². The molecule has 2 N–H and O–H groups in total. The van der Waals surface area contributed by atoms with Crippen molar-refractivity contribution in [2.24, 2.45) is 25.7 Å². The molecule has 1 aliphatic carbocycles. The van der Waals surface area contributed by atoms with Gasteiger partial charge in [-0.2, -0.15) is 0 Å². The summed E-state index contributed by atoms with van der Waals surface area (Å²) in [5.41, 5.74) is 6.13. The molecule has 0 spiro atoms. The number of hydrogen-bond donors (Lipinski definition) is 1. The fourth-order valence-corrected chi connectivity index (χ4v) is 3.37. The molecule has 1 fully saturated rings. The van der Waals surface area contributed by atoms with Gasteiger partial charge in [-0.25, -0.2) is 4.79 Å². The van der Waals surface area contributed by atoms with Crippen molar-refractivity contribution < 1.29 is 0 Å². The molecule has 118 valence electrons. The van der Waals surface area contributed by atoms with E-state index in [1.165, 1.54) is 19.9 Å². The van der Waals surface area contributed by atoms with Gasteiger partial charge in [0.1, 0.15) is 0 Å². The van der Waals surface area contributed by atoms with E-state index in [9.17, 15) is 9.59 Å². The lowest BCUT2D eigenvalue weighted by atomic mass is 10.0. The minimum Gasteiger partial charge on any atom is -0.330 e. The van der Waals surface area contributed by atoms with Crippen LogP contribution in [0.3, 0.4) is 0 Å². The Morgan fingerprint density at radius 1 is 1.29 bits per heavy atom. The second-order valence-electron chi connectivity index (χ2n) is 5.93. The number of rotatable bonds is 5. The monoisotopic (exact) mass is 294 g/mol. The maximum absolute atomic E-state index is 12.0. The molecular weight excluding hydrogens is 268 g/mol. The summed E-state index contributed by atoms with van der Waals surface area (Å²) in [5.74, 6) is 0.522. The maximum Gasteiger partial charge on any atom is 0.330 e. The van der Waals surface area contributed by atoms with Gasteiger partial charge in [-0.3, -0.25) is 18.8 Å². The van der Waals surface area contributed by atoms with Crippen molar-refractivity contribution in [1.82, 2.24) is 14.0 Å². The van der Waals surface area contributed by atoms with Gasteiger partial charge in [0.2, 0.25) is 0 Å². The van der Waals surface area contributed by atoms with Crippen LogP contribution in [0.1, 0.15) is 31.9 Å². The molecule has 0 aliphatic heterocycles. The molecule has 21 heavy (non-hydrogen) atoms. The number of nitrogens with zero attached hydrogens (tertiary/aromatic N) is 3. The molecule has 1 aliphatic rings. The third kappa shape index (κ3) is 3.11.